The predicted molar refractivity (Wildman–Crippen MR) is 107 cm³/mol. The highest BCUT2D eigenvalue weighted by atomic mass is 32.2. The molecule has 7 nitrogen and oxygen atoms in total. The van der Waals surface area contributed by atoms with Crippen molar-refractivity contribution in [1.82, 2.24) is 15.8 Å². The number of ether oxygens (including phenoxy) is 1. The average molecular weight is 399 g/mol. The lowest BCUT2D eigenvalue weighted by atomic mass is 10.1. The van der Waals surface area contributed by atoms with Gasteiger partial charge in [-0.2, -0.15) is 0 Å². The summed E-state index contributed by atoms with van der Waals surface area (Å²) in [4.78, 5) is 28.2. The van der Waals surface area contributed by atoms with Gasteiger partial charge in [-0.15, -0.1) is 0 Å². The normalized spacial score (nSPS) is 10.6. The quantitative estimate of drug-likeness (QED) is 0.447. The molecule has 0 fully saturated rings. The minimum Gasteiger partial charge on any atom is -0.494 e. The number of hydrazine groups is 1. The van der Waals surface area contributed by atoms with Gasteiger partial charge in [-0.05, 0) is 37.1 Å². The van der Waals surface area contributed by atoms with Gasteiger partial charge in [0, 0.05) is 6.42 Å². The summed E-state index contributed by atoms with van der Waals surface area (Å²) in [6, 6.07) is 15.0. The first-order valence-electron chi connectivity index (χ1n) is 8.92. The van der Waals surface area contributed by atoms with E-state index in [1.165, 1.54) is 11.8 Å². The Labute approximate surface area is 166 Å². The van der Waals surface area contributed by atoms with Crippen LogP contribution in [0, 0.1) is 0 Å². The Morgan fingerprint density at radius 3 is 2.64 bits per heavy atom. The number of carbonyl (C=O) groups is 2. The number of aryl methyl sites for hydroxylation is 1. The molecule has 0 aliphatic rings. The van der Waals surface area contributed by atoms with E-state index in [9.17, 15) is 9.59 Å². The summed E-state index contributed by atoms with van der Waals surface area (Å²) < 4.78 is 11.1. The Morgan fingerprint density at radius 2 is 1.82 bits per heavy atom. The van der Waals surface area contributed by atoms with Crippen LogP contribution in [0.2, 0.25) is 0 Å². The van der Waals surface area contributed by atoms with Gasteiger partial charge in [-0.3, -0.25) is 20.4 Å². The molecule has 2 aromatic carbocycles. The third-order valence-electron chi connectivity index (χ3n) is 3.84. The monoisotopic (exact) mass is 399 g/mol. The molecule has 0 saturated heterocycles. The highest BCUT2D eigenvalue weighted by Gasteiger charge is 2.11. The minimum atomic E-state index is -0.338. The van der Waals surface area contributed by atoms with Crippen molar-refractivity contribution in [2.75, 3.05) is 12.4 Å². The smallest absolute Gasteiger partial charge is 0.257 e. The Balaban J connectivity index is 1.40. The van der Waals surface area contributed by atoms with Crippen LogP contribution in [-0.4, -0.2) is 29.2 Å². The van der Waals surface area contributed by atoms with Gasteiger partial charge in [0.05, 0.1) is 12.4 Å². The predicted octanol–water partition coefficient (Wildman–Crippen LogP) is 3.10. The van der Waals surface area contributed by atoms with Gasteiger partial charge in [-0.1, -0.05) is 42.1 Å². The Morgan fingerprint density at radius 1 is 1.07 bits per heavy atom. The van der Waals surface area contributed by atoms with Crippen LogP contribution in [0.3, 0.4) is 0 Å². The van der Waals surface area contributed by atoms with Crippen LogP contribution < -0.4 is 15.6 Å². The number of thioether (sulfide) groups is 1. The molecule has 0 bridgehead atoms. The highest BCUT2D eigenvalue weighted by Crippen LogP contribution is 2.22. The standard InChI is InChI=1S/C20H21N3O4S/c1-2-26-16-9-5-3-7-14(16)11-12-18(24)22-23-19(25)13-28-20-21-15-8-4-6-10-17(15)27-20/h3-10H,2,11-13H2,1H3,(H,22,24)(H,23,25). The van der Waals surface area contributed by atoms with Crippen molar-refractivity contribution in [3.05, 3.63) is 54.1 Å². The topological polar surface area (TPSA) is 93.5 Å². The molecule has 0 aliphatic heterocycles. The number of para-hydroxylation sites is 3. The van der Waals surface area contributed by atoms with Crippen molar-refractivity contribution in [2.24, 2.45) is 0 Å². The Bertz CT molecular complexity index is 924. The van der Waals surface area contributed by atoms with Crippen molar-refractivity contribution in [2.45, 2.75) is 25.0 Å². The van der Waals surface area contributed by atoms with Crippen LogP contribution in [0.25, 0.3) is 11.1 Å². The molecule has 28 heavy (non-hydrogen) atoms. The third kappa shape index (κ3) is 5.50. The second kappa shape index (κ2) is 9.80. The molecule has 2 amide bonds. The number of nitrogens with one attached hydrogen (secondary N) is 2. The highest BCUT2D eigenvalue weighted by molar-refractivity contribution is 7.99. The summed E-state index contributed by atoms with van der Waals surface area (Å²) >= 11 is 1.17. The second-order valence-corrected chi connectivity index (χ2v) is 6.80. The molecule has 1 aromatic heterocycles. The van der Waals surface area contributed by atoms with E-state index in [1.807, 2.05) is 55.5 Å². The fraction of sp³-hybridized carbons (Fsp3) is 0.250. The largest absolute Gasteiger partial charge is 0.494 e. The number of hydrogen-bond donors (Lipinski definition) is 2. The van der Waals surface area contributed by atoms with E-state index in [1.54, 1.807) is 0 Å². The van der Waals surface area contributed by atoms with Gasteiger partial charge in [0.25, 0.3) is 5.22 Å². The third-order valence-corrected chi connectivity index (χ3v) is 4.66. The number of carbonyl (C=O) groups excluding carboxylic acids is 2. The molecule has 0 aliphatic carbocycles. The van der Waals surface area contributed by atoms with E-state index in [4.69, 9.17) is 9.15 Å². The van der Waals surface area contributed by atoms with Crippen LogP contribution in [0.4, 0.5) is 0 Å². The van der Waals surface area contributed by atoms with E-state index in [0.717, 1.165) is 16.8 Å². The molecule has 0 atom stereocenters. The van der Waals surface area contributed by atoms with Crippen molar-refractivity contribution < 1.29 is 18.7 Å². The fourth-order valence-corrected chi connectivity index (χ4v) is 3.17. The van der Waals surface area contributed by atoms with Gasteiger partial charge >= 0.3 is 0 Å². The molecule has 0 spiro atoms. The zero-order chi connectivity index (χ0) is 19.8. The van der Waals surface area contributed by atoms with Gasteiger partial charge in [0.2, 0.25) is 11.8 Å². The van der Waals surface area contributed by atoms with Crippen LogP contribution in [-0.2, 0) is 16.0 Å². The maximum absolute atomic E-state index is 12.0. The first kappa shape index (κ1) is 19.8. The number of aromatic nitrogens is 1. The lowest BCUT2D eigenvalue weighted by molar-refractivity contribution is -0.127. The van der Waals surface area contributed by atoms with E-state index in [0.29, 0.717) is 23.8 Å². The van der Waals surface area contributed by atoms with Gasteiger partial charge in [0.1, 0.15) is 11.3 Å². The summed E-state index contributed by atoms with van der Waals surface area (Å²) in [6.07, 6.45) is 0.762. The molecular formula is C20H21N3O4S. The summed E-state index contributed by atoms with van der Waals surface area (Å²) in [5.41, 5.74) is 7.20. The number of fused-ring (bicyclic) bond motifs is 1. The van der Waals surface area contributed by atoms with E-state index >= 15 is 0 Å². The van der Waals surface area contributed by atoms with Crippen LogP contribution >= 0.6 is 11.8 Å². The summed E-state index contributed by atoms with van der Waals surface area (Å²) in [7, 11) is 0. The lowest BCUT2D eigenvalue weighted by Crippen LogP contribution is -2.42. The first-order valence-corrected chi connectivity index (χ1v) is 9.91. The van der Waals surface area contributed by atoms with Crippen molar-refractivity contribution >= 4 is 34.7 Å². The minimum absolute atomic E-state index is 0.0836. The molecule has 0 saturated carbocycles. The van der Waals surface area contributed by atoms with Crippen LogP contribution in [0.5, 0.6) is 5.75 Å². The molecule has 2 N–H and O–H groups in total. The van der Waals surface area contributed by atoms with Crippen LogP contribution in [0.1, 0.15) is 18.9 Å². The van der Waals surface area contributed by atoms with Crippen LogP contribution in [0.15, 0.2) is 58.2 Å². The summed E-state index contributed by atoms with van der Waals surface area (Å²) in [6.45, 7) is 2.48. The Hall–Kier alpha value is -3.00. The molecule has 3 rings (SSSR count). The Kier molecular flexibility index (Phi) is 6.91. The van der Waals surface area contributed by atoms with Gasteiger partial charge in [-0.25, -0.2) is 4.98 Å². The molecule has 3 aromatic rings. The van der Waals surface area contributed by atoms with Gasteiger partial charge in [0.15, 0.2) is 5.58 Å². The lowest BCUT2D eigenvalue weighted by Gasteiger charge is -2.10. The summed E-state index contributed by atoms with van der Waals surface area (Å²) in [5, 5.41) is 0.412. The zero-order valence-corrected chi connectivity index (χ0v) is 16.3. The molecular weight excluding hydrogens is 378 g/mol. The SMILES string of the molecule is CCOc1ccccc1CCC(=O)NNC(=O)CSc1nc2ccccc2o1. The maximum atomic E-state index is 12.0. The number of hydrogen-bond acceptors (Lipinski definition) is 6. The maximum Gasteiger partial charge on any atom is 0.257 e. The molecule has 146 valence electrons. The second-order valence-electron chi connectivity index (χ2n) is 5.87. The fourth-order valence-electron chi connectivity index (χ4n) is 2.53. The average Bonchev–Trinajstić information content (AvgIpc) is 3.13. The van der Waals surface area contributed by atoms with Crippen molar-refractivity contribution in [3.63, 3.8) is 0 Å². The molecule has 0 radical (unpaired) electrons. The molecule has 8 heteroatoms. The summed E-state index contributed by atoms with van der Waals surface area (Å²) in [5.74, 6) is 0.249. The number of benzene rings is 2. The van der Waals surface area contributed by atoms with E-state index in [-0.39, 0.29) is 24.0 Å². The number of rotatable bonds is 8. The van der Waals surface area contributed by atoms with Crippen molar-refractivity contribution in [1.29, 1.82) is 0 Å². The van der Waals surface area contributed by atoms with Gasteiger partial charge < -0.3 is 9.15 Å². The number of nitrogens with zero attached hydrogens (tertiary/aromatic N) is 1. The molecule has 0 unspecified atom stereocenters. The zero-order valence-electron chi connectivity index (χ0n) is 15.4. The van der Waals surface area contributed by atoms with Crippen molar-refractivity contribution in [3.8, 4) is 5.75 Å². The number of amides is 2. The molecule has 1 heterocycles. The van der Waals surface area contributed by atoms with E-state index in [2.05, 4.69) is 15.8 Å². The number of oxazole rings is 1. The van der Waals surface area contributed by atoms with E-state index < -0.39 is 0 Å². The first-order chi connectivity index (χ1) is 13.7.